The quantitative estimate of drug-likeness (QED) is 0.438. The molecular weight excluding hydrogens is 149 g/mol. The molecule has 1 unspecified atom stereocenters. The van der Waals surface area contributed by atoms with Crippen molar-refractivity contribution in [2.24, 2.45) is 5.92 Å². The summed E-state index contributed by atoms with van der Waals surface area (Å²) >= 11 is 0. The molecule has 0 aromatic rings. The zero-order chi connectivity index (χ0) is 8.36. The van der Waals surface area contributed by atoms with Gasteiger partial charge in [0.15, 0.2) is 0 Å². The second-order valence-electron chi connectivity index (χ2n) is 1.79. The van der Waals surface area contributed by atoms with Gasteiger partial charge < -0.3 is 4.79 Å². The number of halogens is 3. The van der Waals surface area contributed by atoms with Crippen molar-refractivity contribution in [3.05, 3.63) is 0 Å². The Hall–Kier alpha value is -0.870. The molecule has 0 aliphatic rings. The van der Waals surface area contributed by atoms with Crippen molar-refractivity contribution in [2.45, 2.75) is 13.1 Å². The van der Waals surface area contributed by atoms with Gasteiger partial charge in [0.05, 0.1) is 5.92 Å². The van der Waals surface area contributed by atoms with Gasteiger partial charge in [0.2, 0.25) is 5.78 Å². The number of ketones is 1. The van der Waals surface area contributed by atoms with E-state index in [0.29, 0.717) is 0 Å². The van der Waals surface area contributed by atoms with Gasteiger partial charge in [0, 0.05) is 0 Å². The molecule has 0 N–H and O–H groups in total. The van der Waals surface area contributed by atoms with E-state index in [1.165, 1.54) is 0 Å². The number of hydrogen-bond acceptors (Lipinski definition) is 2. The van der Waals surface area contributed by atoms with Gasteiger partial charge in [-0.25, -0.2) is 0 Å². The molecule has 0 spiro atoms. The van der Waals surface area contributed by atoms with E-state index < -0.39 is 17.9 Å². The Bertz CT molecular complexity index is 149. The van der Waals surface area contributed by atoms with E-state index >= 15 is 0 Å². The lowest BCUT2D eigenvalue weighted by atomic mass is 10.1. The van der Waals surface area contributed by atoms with Gasteiger partial charge >= 0.3 is 6.18 Å². The molecule has 0 amide bonds. The molecule has 0 bridgehead atoms. The van der Waals surface area contributed by atoms with E-state index in [-0.39, 0.29) is 6.29 Å². The molecule has 0 aliphatic carbocycles. The van der Waals surface area contributed by atoms with Gasteiger partial charge in [0.1, 0.15) is 6.29 Å². The third kappa shape index (κ3) is 2.16. The molecule has 0 saturated heterocycles. The molecule has 10 heavy (non-hydrogen) atoms. The van der Waals surface area contributed by atoms with Crippen LogP contribution >= 0.6 is 0 Å². The standard InChI is InChI=1S/C5H5F3O2/c1-3(2-9)4(10)5(6,7)8/h2-3H,1H3. The number of alkyl halides is 3. The lowest BCUT2D eigenvalue weighted by Gasteiger charge is -2.05. The van der Waals surface area contributed by atoms with Crippen molar-refractivity contribution in [1.29, 1.82) is 0 Å². The van der Waals surface area contributed by atoms with Crippen molar-refractivity contribution in [3.8, 4) is 0 Å². The predicted octanol–water partition coefficient (Wildman–Crippen LogP) is 0.953. The summed E-state index contributed by atoms with van der Waals surface area (Å²) in [5.74, 6) is -3.58. The first-order valence-electron chi connectivity index (χ1n) is 2.46. The average Bonchev–Trinajstić information content (AvgIpc) is 1.83. The average molecular weight is 154 g/mol. The van der Waals surface area contributed by atoms with Gasteiger partial charge in [-0.3, -0.25) is 4.79 Å². The van der Waals surface area contributed by atoms with Crippen LogP contribution in [0, 0.1) is 5.92 Å². The van der Waals surface area contributed by atoms with Crippen LogP contribution in [0.3, 0.4) is 0 Å². The highest BCUT2D eigenvalue weighted by Gasteiger charge is 2.41. The third-order valence-electron chi connectivity index (χ3n) is 0.897. The van der Waals surface area contributed by atoms with Crippen LogP contribution < -0.4 is 0 Å². The Morgan fingerprint density at radius 2 is 1.90 bits per heavy atom. The number of rotatable bonds is 2. The van der Waals surface area contributed by atoms with E-state index in [4.69, 9.17) is 0 Å². The fraction of sp³-hybridized carbons (Fsp3) is 0.600. The highest BCUT2D eigenvalue weighted by atomic mass is 19.4. The lowest BCUT2D eigenvalue weighted by molar-refractivity contribution is -0.175. The van der Waals surface area contributed by atoms with E-state index in [1.807, 2.05) is 0 Å². The summed E-state index contributed by atoms with van der Waals surface area (Å²) in [6, 6.07) is 0. The molecule has 5 heteroatoms. The number of carbonyl (C=O) groups is 2. The maximum Gasteiger partial charge on any atom is 0.450 e. The molecule has 2 nitrogen and oxygen atoms in total. The molecule has 0 fully saturated rings. The Labute approximate surface area is 55.0 Å². The zero-order valence-corrected chi connectivity index (χ0v) is 5.11. The van der Waals surface area contributed by atoms with Crippen molar-refractivity contribution < 1.29 is 22.8 Å². The van der Waals surface area contributed by atoms with Crippen LogP contribution in [-0.4, -0.2) is 18.2 Å². The first-order valence-corrected chi connectivity index (χ1v) is 2.46. The van der Waals surface area contributed by atoms with Gasteiger partial charge in [-0.1, -0.05) is 0 Å². The fourth-order valence-corrected chi connectivity index (χ4v) is 0.320. The van der Waals surface area contributed by atoms with Gasteiger partial charge in [-0.15, -0.1) is 0 Å². The monoisotopic (exact) mass is 154 g/mol. The normalized spacial score (nSPS) is 14.4. The smallest absolute Gasteiger partial charge is 0.303 e. The van der Waals surface area contributed by atoms with Crippen LogP contribution in [0.5, 0.6) is 0 Å². The molecule has 0 rings (SSSR count). The summed E-state index contributed by atoms with van der Waals surface area (Å²) in [5, 5.41) is 0. The summed E-state index contributed by atoms with van der Waals surface area (Å²) in [4.78, 5) is 19.7. The van der Waals surface area contributed by atoms with Crippen LogP contribution in [0.1, 0.15) is 6.92 Å². The maximum absolute atomic E-state index is 11.4. The molecule has 0 radical (unpaired) electrons. The fourth-order valence-electron chi connectivity index (χ4n) is 0.320. The minimum atomic E-state index is -4.89. The summed E-state index contributed by atoms with van der Waals surface area (Å²) in [6.07, 6.45) is -4.92. The Balaban J connectivity index is 4.22. The van der Waals surface area contributed by atoms with E-state index in [2.05, 4.69) is 0 Å². The molecule has 1 atom stereocenters. The van der Waals surface area contributed by atoms with Crippen molar-refractivity contribution in [3.63, 3.8) is 0 Å². The molecular formula is C5H5F3O2. The summed E-state index contributed by atoms with van der Waals surface area (Å²) in [5.41, 5.74) is 0. The topological polar surface area (TPSA) is 34.1 Å². The first kappa shape index (κ1) is 9.13. The zero-order valence-electron chi connectivity index (χ0n) is 5.11. The third-order valence-corrected chi connectivity index (χ3v) is 0.897. The van der Waals surface area contributed by atoms with Crippen LogP contribution in [0.4, 0.5) is 13.2 Å². The summed E-state index contributed by atoms with van der Waals surface area (Å²) < 4.78 is 34.1. The van der Waals surface area contributed by atoms with Crippen LogP contribution in [0.25, 0.3) is 0 Å². The second kappa shape index (κ2) is 2.81. The molecule has 0 aliphatic heterocycles. The van der Waals surface area contributed by atoms with E-state index in [9.17, 15) is 22.8 Å². The number of aldehydes is 1. The van der Waals surface area contributed by atoms with E-state index in [1.54, 1.807) is 0 Å². The minimum absolute atomic E-state index is 0.0319. The van der Waals surface area contributed by atoms with Gasteiger partial charge in [-0.05, 0) is 6.92 Å². The van der Waals surface area contributed by atoms with Gasteiger partial charge in [-0.2, -0.15) is 13.2 Å². The highest BCUT2D eigenvalue weighted by molar-refractivity contribution is 5.96. The SMILES string of the molecule is CC(C=O)C(=O)C(F)(F)F. The largest absolute Gasteiger partial charge is 0.450 e. The van der Waals surface area contributed by atoms with Crippen LogP contribution in [0.2, 0.25) is 0 Å². The van der Waals surface area contributed by atoms with E-state index in [0.717, 1.165) is 6.92 Å². The summed E-state index contributed by atoms with van der Waals surface area (Å²) in [6.45, 7) is 0.906. The highest BCUT2D eigenvalue weighted by Crippen LogP contribution is 2.19. The number of hydrogen-bond donors (Lipinski definition) is 0. The minimum Gasteiger partial charge on any atom is -0.303 e. The molecule has 58 valence electrons. The predicted molar refractivity (Wildman–Crippen MR) is 26.3 cm³/mol. The second-order valence-corrected chi connectivity index (χ2v) is 1.79. The summed E-state index contributed by atoms with van der Waals surface area (Å²) in [7, 11) is 0. The Morgan fingerprint density at radius 3 is 2.00 bits per heavy atom. The molecule has 0 heterocycles. The van der Waals surface area contributed by atoms with Crippen molar-refractivity contribution >= 4 is 12.1 Å². The lowest BCUT2D eigenvalue weighted by Crippen LogP contribution is -2.29. The van der Waals surface area contributed by atoms with Gasteiger partial charge in [0.25, 0.3) is 0 Å². The Kier molecular flexibility index (Phi) is 2.56. The van der Waals surface area contributed by atoms with Crippen LogP contribution in [0.15, 0.2) is 0 Å². The first-order chi connectivity index (χ1) is 4.39. The van der Waals surface area contributed by atoms with Crippen LogP contribution in [-0.2, 0) is 9.59 Å². The van der Waals surface area contributed by atoms with Crippen molar-refractivity contribution in [2.75, 3.05) is 0 Å². The number of Topliss-reactive ketones (excluding diaryl/α,β-unsaturated/α-hetero) is 1. The number of carbonyl (C=O) groups excluding carboxylic acids is 2. The molecule has 0 aromatic heterocycles. The Morgan fingerprint density at radius 1 is 1.50 bits per heavy atom. The van der Waals surface area contributed by atoms with Crippen molar-refractivity contribution in [1.82, 2.24) is 0 Å². The maximum atomic E-state index is 11.4. The molecule has 0 saturated carbocycles. The molecule has 0 aromatic carbocycles.